The molecule has 2 aromatic carbocycles. The molecule has 104 valence electrons. The van der Waals surface area contributed by atoms with Crippen molar-refractivity contribution in [3.05, 3.63) is 69.9 Å². The third-order valence-corrected chi connectivity index (χ3v) is 3.33. The maximum atomic E-state index is 12.2. The van der Waals surface area contributed by atoms with Gasteiger partial charge in [0.25, 0.3) is 0 Å². The van der Waals surface area contributed by atoms with Gasteiger partial charge < -0.3 is 9.84 Å². The van der Waals surface area contributed by atoms with E-state index in [9.17, 15) is 9.59 Å². The molecule has 0 radical (unpaired) electrons. The number of carboxylic acid groups (broad SMARTS) is 1. The van der Waals surface area contributed by atoms with Crippen LogP contribution in [0.2, 0.25) is 5.02 Å². The highest BCUT2D eigenvalue weighted by Crippen LogP contribution is 2.32. The van der Waals surface area contributed by atoms with Crippen molar-refractivity contribution in [2.24, 2.45) is 0 Å². The minimum absolute atomic E-state index is 0.0541. The summed E-state index contributed by atoms with van der Waals surface area (Å²) in [6.07, 6.45) is 1.60. The summed E-state index contributed by atoms with van der Waals surface area (Å²) in [4.78, 5) is 23.2. The Balaban J connectivity index is 1.96. The Labute approximate surface area is 125 Å². The molecule has 0 amide bonds. The van der Waals surface area contributed by atoms with Crippen molar-refractivity contribution in [1.82, 2.24) is 0 Å². The van der Waals surface area contributed by atoms with E-state index in [-0.39, 0.29) is 22.7 Å². The number of Topliss-reactive ketones (excluding diaryl/α,β-unsaturated/α-hetero) is 1. The van der Waals surface area contributed by atoms with E-state index in [1.807, 2.05) is 0 Å². The van der Waals surface area contributed by atoms with Crippen LogP contribution in [-0.4, -0.2) is 16.9 Å². The van der Waals surface area contributed by atoms with Crippen molar-refractivity contribution in [3.63, 3.8) is 0 Å². The highest BCUT2D eigenvalue weighted by atomic mass is 35.5. The SMILES string of the molecule is O=C(O)c1ccc2c(c1)C(=O)C(=Cc1ccc(Cl)cc1)O2. The van der Waals surface area contributed by atoms with Crippen molar-refractivity contribution in [2.75, 3.05) is 0 Å². The van der Waals surface area contributed by atoms with Crippen LogP contribution < -0.4 is 4.74 Å². The minimum atomic E-state index is -1.08. The van der Waals surface area contributed by atoms with Gasteiger partial charge in [0.15, 0.2) is 5.76 Å². The Morgan fingerprint density at radius 1 is 1.14 bits per heavy atom. The minimum Gasteiger partial charge on any atom is -0.478 e. The van der Waals surface area contributed by atoms with E-state index in [1.165, 1.54) is 18.2 Å². The van der Waals surface area contributed by atoms with Crippen LogP contribution in [0.3, 0.4) is 0 Å². The van der Waals surface area contributed by atoms with Gasteiger partial charge in [0.1, 0.15) is 5.75 Å². The number of carbonyl (C=O) groups excluding carboxylic acids is 1. The molecule has 0 saturated carbocycles. The lowest BCUT2D eigenvalue weighted by Gasteiger charge is -1.99. The average molecular weight is 301 g/mol. The van der Waals surface area contributed by atoms with Crippen molar-refractivity contribution >= 4 is 29.4 Å². The molecule has 4 nitrogen and oxygen atoms in total. The number of hydrogen-bond acceptors (Lipinski definition) is 3. The van der Waals surface area contributed by atoms with Crippen molar-refractivity contribution < 1.29 is 19.4 Å². The van der Waals surface area contributed by atoms with E-state index < -0.39 is 5.97 Å². The van der Waals surface area contributed by atoms with E-state index in [1.54, 1.807) is 30.3 Å². The van der Waals surface area contributed by atoms with Gasteiger partial charge >= 0.3 is 5.97 Å². The van der Waals surface area contributed by atoms with Gasteiger partial charge in [-0.3, -0.25) is 4.79 Å². The first-order valence-corrected chi connectivity index (χ1v) is 6.49. The zero-order valence-corrected chi connectivity index (χ0v) is 11.4. The van der Waals surface area contributed by atoms with E-state index in [4.69, 9.17) is 21.4 Å². The van der Waals surface area contributed by atoms with E-state index in [0.717, 1.165) is 5.56 Å². The zero-order valence-electron chi connectivity index (χ0n) is 10.7. The molecule has 0 bridgehead atoms. The van der Waals surface area contributed by atoms with Crippen LogP contribution in [0.5, 0.6) is 5.75 Å². The fraction of sp³-hybridized carbons (Fsp3) is 0. The largest absolute Gasteiger partial charge is 0.478 e. The molecule has 0 saturated heterocycles. The average Bonchev–Trinajstić information content (AvgIpc) is 2.77. The molecule has 0 spiro atoms. The molecule has 1 N–H and O–H groups in total. The Hall–Kier alpha value is -2.59. The molecule has 5 heteroatoms. The van der Waals surface area contributed by atoms with Gasteiger partial charge in [-0.15, -0.1) is 0 Å². The van der Waals surface area contributed by atoms with Gasteiger partial charge in [0, 0.05) is 5.02 Å². The second-order valence-electron chi connectivity index (χ2n) is 4.51. The summed E-state index contributed by atoms with van der Waals surface area (Å²) in [6.45, 7) is 0. The summed E-state index contributed by atoms with van der Waals surface area (Å²) in [5.74, 6) is -0.885. The van der Waals surface area contributed by atoms with E-state index >= 15 is 0 Å². The maximum absolute atomic E-state index is 12.2. The normalized spacial score (nSPS) is 14.9. The third-order valence-electron chi connectivity index (χ3n) is 3.08. The van der Waals surface area contributed by atoms with Crippen LogP contribution in [0.4, 0.5) is 0 Å². The first-order valence-electron chi connectivity index (χ1n) is 6.12. The maximum Gasteiger partial charge on any atom is 0.335 e. The molecule has 3 rings (SSSR count). The molecule has 1 aliphatic rings. The van der Waals surface area contributed by atoms with Gasteiger partial charge in [-0.25, -0.2) is 4.79 Å². The van der Waals surface area contributed by atoms with Gasteiger partial charge in [-0.05, 0) is 42.0 Å². The molecule has 21 heavy (non-hydrogen) atoms. The number of allylic oxidation sites excluding steroid dienone is 1. The first kappa shape index (κ1) is 13.4. The standard InChI is InChI=1S/C16H9ClO4/c17-11-4-1-9(2-5-11)7-14-15(18)12-8-10(16(19)20)3-6-13(12)21-14/h1-8H,(H,19,20). The van der Waals surface area contributed by atoms with Crippen LogP contribution in [0.1, 0.15) is 26.3 Å². The number of benzene rings is 2. The quantitative estimate of drug-likeness (QED) is 0.860. The summed E-state index contributed by atoms with van der Waals surface area (Å²) in [7, 11) is 0. The summed E-state index contributed by atoms with van der Waals surface area (Å²) in [5.41, 5.74) is 1.09. The monoisotopic (exact) mass is 300 g/mol. The molecular formula is C16H9ClO4. The van der Waals surface area contributed by atoms with Crippen LogP contribution >= 0.6 is 11.6 Å². The number of halogens is 1. The smallest absolute Gasteiger partial charge is 0.335 e. The van der Waals surface area contributed by atoms with Crippen LogP contribution in [0.25, 0.3) is 6.08 Å². The van der Waals surface area contributed by atoms with Crippen LogP contribution in [0.15, 0.2) is 48.2 Å². The summed E-state index contributed by atoms with van der Waals surface area (Å²) < 4.78 is 5.47. The zero-order chi connectivity index (χ0) is 15.0. The van der Waals surface area contributed by atoms with Gasteiger partial charge in [-0.2, -0.15) is 0 Å². The predicted octanol–water partition coefficient (Wildman–Crippen LogP) is 3.65. The number of carboxylic acids is 1. The van der Waals surface area contributed by atoms with Gasteiger partial charge in [-0.1, -0.05) is 23.7 Å². The molecule has 2 aromatic rings. The van der Waals surface area contributed by atoms with Crippen molar-refractivity contribution in [1.29, 1.82) is 0 Å². The van der Waals surface area contributed by atoms with Crippen LogP contribution in [0, 0.1) is 0 Å². The molecule has 0 aliphatic carbocycles. The number of hydrogen-bond donors (Lipinski definition) is 1. The topological polar surface area (TPSA) is 63.6 Å². The Kier molecular flexibility index (Phi) is 3.23. The fourth-order valence-corrected chi connectivity index (χ4v) is 2.16. The number of ether oxygens (including phenoxy) is 1. The highest BCUT2D eigenvalue weighted by molar-refractivity contribution is 6.30. The van der Waals surface area contributed by atoms with Crippen molar-refractivity contribution in [2.45, 2.75) is 0 Å². The molecule has 0 aromatic heterocycles. The number of ketones is 1. The van der Waals surface area contributed by atoms with Gasteiger partial charge in [0.05, 0.1) is 11.1 Å². The molecule has 0 unspecified atom stereocenters. The van der Waals surface area contributed by atoms with Crippen molar-refractivity contribution in [3.8, 4) is 5.75 Å². The Morgan fingerprint density at radius 2 is 1.86 bits per heavy atom. The van der Waals surface area contributed by atoms with E-state index in [0.29, 0.717) is 10.8 Å². The Bertz CT molecular complexity index is 775. The van der Waals surface area contributed by atoms with Gasteiger partial charge in [0.2, 0.25) is 5.78 Å². The Morgan fingerprint density at radius 3 is 2.52 bits per heavy atom. The van der Waals surface area contributed by atoms with Crippen LogP contribution in [-0.2, 0) is 0 Å². The lowest BCUT2D eigenvalue weighted by Crippen LogP contribution is -2.00. The lowest BCUT2D eigenvalue weighted by atomic mass is 10.1. The lowest BCUT2D eigenvalue weighted by molar-refractivity contribution is 0.0697. The molecule has 0 fully saturated rings. The fourth-order valence-electron chi connectivity index (χ4n) is 2.03. The summed E-state index contributed by atoms with van der Waals surface area (Å²) in [6, 6.07) is 11.2. The first-order chi connectivity index (χ1) is 10.0. The number of fused-ring (bicyclic) bond motifs is 1. The molecule has 0 atom stereocenters. The summed E-state index contributed by atoms with van der Waals surface area (Å²) in [5, 5.41) is 9.55. The summed E-state index contributed by atoms with van der Waals surface area (Å²) >= 11 is 5.80. The molecular weight excluding hydrogens is 292 g/mol. The predicted molar refractivity (Wildman–Crippen MR) is 77.8 cm³/mol. The second-order valence-corrected chi connectivity index (χ2v) is 4.94. The number of carbonyl (C=O) groups is 2. The number of rotatable bonds is 2. The number of aromatic carboxylic acids is 1. The molecule has 1 heterocycles. The third kappa shape index (κ3) is 2.53. The molecule has 1 aliphatic heterocycles. The second kappa shape index (κ2) is 5.07. The highest BCUT2D eigenvalue weighted by Gasteiger charge is 2.28. The van der Waals surface area contributed by atoms with E-state index in [2.05, 4.69) is 0 Å².